The second-order valence-corrected chi connectivity index (χ2v) is 5.69. The zero-order valence-electron chi connectivity index (χ0n) is 15.4. The maximum Gasteiger partial charge on any atom is 0.337 e. The zero-order valence-corrected chi connectivity index (χ0v) is 15.4. The molecule has 0 atom stereocenters. The maximum absolute atomic E-state index is 12.1. The van der Waals surface area contributed by atoms with Gasteiger partial charge in [0.1, 0.15) is 0 Å². The molecule has 0 aliphatic heterocycles. The van der Waals surface area contributed by atoms with Crippen LogP contribution in [-0.2, 0) is 9.53 Å². The third-order valence-corrected chi connectivity index (χ3v) is 4.02. The van der Waals surface area contributed by atoms with Crippen LogP contribution in [0.4, 0.5) is 17.1 Å². The van der Waals surface area contributed by atoms with Crippen LogP contribution >= 0.6 is 0 Å². The summed E-state index contributed by atoms with van der Waals surface area (Å²) in [6.07, 6.45) is 0. The highest BCUT2D eigenvalue weighted by atomic mass is 16.5. The van der Waals surface area contributed by atoms with E-state index in [0.717, 1.165) is 24.5 Å². The van der Waals surface area contributed by atoms with Gasteiger partial charge in [-0.25, -0.2) is 4.79 Å². The maximum atomic E-state index is 12.1. The lowest BCUT2D eigenvalue weighted by Gasteiger charge is -2.21. The molecular weight excluding hydrogens is 330 g/mol. The van der Waals surface area contributed by atoms with Crippen molar-refractivity contribution in [1.29, 1.82) is 0 Å². The van der Waals surface area contributed by atoms with E-state index in [1.54, 1.807) is 24.3 Å². The average Bonchev–Trinajstić information content (AvgIpc) is 2.68. The van der Waals surface area contributed by atoms with Crippen molar-refractivity contribution in [3.63, 3.8) is 0 Å². The van der Waals surface area contributed by atoms with E-state index in [1.807, 2.05) is 24.3 Å². The fourth-order valence-electron chi connectivity index (χ4n) is 2.61. The standard InChI is InChI=1S/C20H25N3O3/c1-4-23(5-2)18-11-9-16(10-12-18)21-14-19(24)22-17-8-6-7-15(13-17)20(25)26-3/h6-13,21H,4-5,14H2,1-3H3,(H,22,24). The molecule has 138 valence electrons. The van der Waals surface area contributed by atoms with Gasteiger partial charge in [-0.1, -0.05) is 6.07 Å². The lowest BCUT2D eigenvalue weighted by atomic mass is 10.2. The normalized spacial score (nSPS) is 10.1. The molecule has 0 aromatic heterocycles. The Morgan fingerprint density at radius 1 is 1.00 bits per heavy atom. The second kappa shape index (κ2) is 9.46. The number of hydrogen-bond acceptors (Lipinski definition) is 5. The first-order chi connectivity index (χ1) is 12.6. The van der Waals surface area contributed by atoms with Crippen molar-refractivity contribution in [2.75, 3.05) is 42.3 Å². The number of benzene rings is 2. The summed E-state index contributed by atoms with van der Waals surface area (Å²) >= 11 is 0. The summed E-state index contributed by atoms with van der Waals surface area (Å²) in [5.41, 5.74) is 2.98. The monoisotopic (exact) mass is 355 g/mol. The molecule has 0 radical (unpaired) electrons. The fraction of sp³-hybridized carbons (Fsp3) is 0.300. The summed E-state index contributed by atoms with van der Waals surface area (Å²) in [6.45, 7) is 6.28. The van der Waals surface area contributed by atoms with Crippen molar-refractivity contribution < 1.29 is 14.3 Å². The number of nitrogens with one attached hydrogen (secondary N) is 2. The highest BCUT2D eigenvalue weighted by Gasteiger charge is 2.08. The number of esters is 1. The molecule has 0 bridgehead atoms. The van der Waals surface area contributed by atoms with Crippen molar-refractivity contribution in [3.05, 3.63) is 54.1 Å². The molecule has 0 aliphatic rings. The molecule has 0 aliphatic carbocycles. The molecule has 0 saturated heterocycles. The number of ether oxygens (including phenoxy) is 1. The Hall–Kier alpha value is -3.02. The largest absolute Gasteiger partial charge is 0.465 e. The first-order valence-electron chi connectivity index (χ1n) is 8.64. The molecule has 26 heavy (non-hydrogen) atoms. The molecule has 0 heterocycles. The predicted octanol–water partition coefficient (Wildman–Crippen LogP) is 3.37. The number of anilines is 3. The number of methoxy groups -OCH3 is 1. The molecule has 0 spiro atoms. The van der Waals surface area contributed by atoms with Crippen LogP contribution in [0.3, 0.4) is 0 Å². The van der Waals surface area contributed by atoms with Gasteiger partial charge in [-0.15, -0.1) is 0 Å². The van der Waals surface area contributed by atoms with Crippen molar-refractivity contribution >= 4 is 28.9 Å². The molecule has 6 heteroatoms. The van der Waals surface area contributed by atoms with Crippen LogP contribution in [0.5, 0.6) is 0 Å². The third kappa shape index (κ3) is 5.24. The van der Waals surface area contributed by atoms with Crippen molar-refractivity contribution in [2.45, 2.75) is 13.8 Å². The molecule has 1 amide bonds. The quantitative estimate of drug-likeness (QED) is 0.711. The molecule has 2 aromatic rings. The van der Waals surface area contributed by atoms with Crippen molar-refractivity contribution in [1.82, 2.24) is 0 Å². The highest BCUT2D eigenvalue weighted by molar-refractivity contribution is 5.96. The van der Waals surface area contributed by atoms with Crippen LogP contribution in [0.1, 0.15) is 24.2 Å². The number of carbonyl (C=O) groups excluding carboxylic acids is 2. The summed E-state index contributed by atoms with van der Waals surface area (Å²) < 4.78 is 4.68. The molecule has 2 aromatic carbocycles. The Kier molecular flexibility index (Phi) is 7.02. The lowest BCUT2D eigenvalue weighted by molar-refractivity contribution is -0.114. The van der Waals surface area contributed by atoms with Gasteiger partial charge in [-0.05, 0) is 56.3 Å². The van der Waals surface area contributed by atoms with E-state index in [-0.39, 0.29) is 12.5 Å². The van der Waals surface area contributed by atoms with Crippen LogP contribution in [0.25, 0.3) is 0 Å². The molecule has 6 nitrogen and oxygen atoms in total. The van der Waals surface area contributed by atoms with E-state index >= 15 is 0 Å². The molecular formula is C20H25N3O3. The van der Waals surface area contributed by atoms with E-state index in [1.165, 1.54) is 7.11 Å². The van der Waals surface area contributed by atoms with E-state index in [0.29, 0.717) is 11.3 Å². The summed E-state index contributed by atoms with van der Waals surface area (Å²) in [6, 6.07) is 14.6. The first-order valence-corrected chi connectivity index (χ1v) is 8.64. The summed E-state index contributed by atoms with van der Waals surface area (Å²) in [5.74, 6) is -0.632. The SMILES string of the molecule is CCN(CC)c1ccc(NCC(=O)Nc2cccc(C(=O)OC)c2)cc1. The topological polar surface area (TPSA) is 70.7 Å². The Morgan fingerprint density at radius 2 is 1.69 bits per heavy atom. The van der Waals surface area contributed by atoms with Crippen LogP contribution in [-0.4, -0.2) is 38.6 Å². The second-order valence-electron chi connectivity index (χ2n) is 5.69. The number of hydrogen-bond donors (Lipinski definition) is 2. The third-order valence-electron chi connectivity index (χ3n) is 4.02. The van der Waals surface area contributed by atoms with E-state index in [9.17, 15) is 9.59 Å². The van der Waals surface area contributed by atoms with Gasteiger partial charge in [0.2, 0.25) is 5.91 Å². The van der Waals surface area contributed by atoms with Gasteiger partial charge < -0.3 is 20.3 Å². The molecule has 0 fully saturated rings. The van der Waals surface area contributed by atoms with Crippen LogP contribution in [0.15, 0.2) is 48.5 Å². The average molecular weight is 355 g/mol. The van der Waals surface area contributed by atoms with Gasteiger partial charge in [-0.2, -0.15) is 0 Å². The van der Waals surface area contributed by atoms with Gasteiger partial charge >= 0.3 is 5.97 Å². The van der Waals surface area contributed by atoms with Gasteiger partial charge in [-0.3, -0.25) is 4.79 Å². The number of nitrogens with zero attached hydrogens (tertiary/aromatic N) is 1. The zero-order chi connectivity index (χ0) is 18.9. The molecule has 0 saturated carbocycles. The Morgan fingerprint density at radius 3 is 2.31 bits per heavy atom. The summed E-state index contributed by atoms with van der Waals surface area (Å²) in [4.78, 5) is 25.9. The van der Waals surface area contributed by atoms with Gasteiger partial charge in [0.15, 0.2) is 0 Å². The molecule has 0 unspecified atom stereocenters. The lowest BCUT2D eigenvalue weighted by Crippen LogP contribution is -2.22. The highest BCUT2D eigenvalue weighted by Crippen LogP contribution is 2.17. The van der Waals surface area contributed by atoms with Gasteiger partial charge in [0.05, 0.1) is 19.2 Å². The van der Waals surface area contributed by atoms with Gasteiger partial charge in [0.25, 0.3) is 0 Å². The minimum atomic E-state index is -0.437. The van der Waals surface area contributed by atoms with Gasteiger partial charge in [0, 0.05) is 30.2 Å². The van der Waals surface area contributed by atoms with Crippen LogP contribution in [0, 0.1) is 0 Å². The predicted molar refractivity (Wildman–Crippen MR) is 105 cm³/mol. The van der Waals surface area contributed by atoms with E-state index in [4.69, 9.17) is 0 Å². The Labute approximate surface area is 154 Å². The number of carbonyl (C=O) groups is 2. The summed E-state index contributed by atoms with van der Waals surface area (Å²) in [5, 5.41) is 5.86. The minimum absolute atomic E-state index is 0.132. The summed E-state index contributed by atoms with van der Waals surface area (Å²) in [7, 11) is 1.32. The number of amides is 1. The minimum Gasteiger partial charge on any atom is -0.465 e. The fourth-order valence-corrected chi connectivity index (χ4v) is 2.61. The van der Waals surface area contributed by atoms with Crippen LogP contribution < -0.4 is 15.5 Å². The Balaban J connectivity index is 1.90. The van der Waals surface area contributed by atoms with Crippen LogP contribution in [0.2, 0.25) is 0 Å². The van der Waals surface area contributed by atoms with Crippen molar-refractivity contribution in [3.8, 4) is 0 Å². The van der Waals surface area contributed by atoms with Crippen molar-refractivity contribution in [2.24, 2.45) is 0 Å². The first kappa shape index (κ1) is 19.3. The molecule has 2 rings (SSSR count). The number of rotatable bonds is 8. The smallest absolute Gasteiger partial charge is 0.337 e. The van der Waals surface area contributed by atoms with E-state index in [2.05, 4.69) is 34.1 Å². The van der Waals surface area contributed by atoms with E-state index < -0.39 is 5.97 Å². The Bertz CT molecular complexity index is 740. The molecule has 2 N–H and O–H groups in total.